The van der Waals surface area contributed by atoms with Crippen LogP contribution in [-0.2, 0) is 13.0 Å². The molecule has 2 atom stereocenters. The number of hydrogen-bond donors (Lipinski definition) is 2. The third-order valence-corrected chi connectivity index (χ3v) is 5.20. The molecule has 2 N–H and O–H groups in total. The summed E-state index contributed by atoms with van der Waals surface area (Å²) < 4.78 is 5.15. The number of likely N-dealkylation sites (N-methyl/N-ethyl adjacent to an activating group) is 1. The molecule has 130 valence electrons. The number of nitrogens with zero attached hydrogens (tertiary/aromatic N) is 2. The van der Waals surface area contributed by atoms with Crippen LogP contribution in [-0.4, -0.2) is 47.4 Å². The van der Waals surface area contributed by atoms with E-state index in [2.05, 4.69) is 0 Å². The standard InChI is InChI=1S/C19H20N2O4/c1-20-14-9-16(22)17(25-2)8-13(14)18(23)21-10-12-6-4-3-5-11(12)7-15(21)19(20)24/h3-6,8-9,15,19,22,24H,7,10H2,1-2H3/t15-,19?/m0/s1. The predicted octanol–water partition coefficient (Wildman–Crippen LogP) is 1.74. The van der Waals surface area contributed by atoms with Gasteiger partial charge in [0.25, 0.3) is 5.91 Å². The van der Waals surface area contributed by atoms with E-state index in [4.69, 9.17) is 4.74 Å². The van der Waals surface area contributed by atoms with Crippen LogP contribution >= 0.6 is 0 Å². The van der Waals surface area contributed by atoms with Crippen molar-refractivity contribution in [3.05, 3.63) is 53.1 Å². The molecule has 2 aromatic rings. The Morgan fingerprint density at radius 1 is 1.20 bits per heavy atom. The van der Waals surface area contributed by atoms with Crippen molar-refractivity contribution in [3.8, 4) is 11.5 Å². The Balaban J connectivity index is 1.85. The zero-order valence-electron chi connectivity index (χ0n) is 14.1. The Hall–Kier alpha value is -2.73. The van der Waals surface area contributed by atoms with Gasteiger partial charge in [0.05, 0.1) is 24.4 Å². The summed E-state index contributed by atoms with van der Waals surface area (Å²) in [5.41, 5.74) is 3.15. The summed E-state index contributed by atoms with van der Waals surface area (Å²) in [7, 11) is 3.17. The number of hydrogen-bond acceptors (Lipinski definition) is 5. The number of benzene rings is 2. The Bertz CT molecular complexity index is 851. The summed E-state index contributed by atoms with van der Waals surface area (Å²) in [6.45, 7) is 0.452. The SMILES string of the molecule is COc1cc2c(cc1O)N(C)C(O)[C@@H]1Cc3ccccc3CN1C2=O. The van der Waals surface area contributed by atoms with E-state index in [1.807, 2.05) is 24.3 Å². The summed E-state index contributed by atoms with van der Waals surface area (Å²) in [5.74, 6) is 0.0123. The molecule has 0 radical (unpaired) electrons. The number of anilines is 1. The minimum Gasteiger partial charge on any atom is -0.504 e. The average Bonchev–Trinajstić information content (AvgIpc) is 2.70. The number of methoxy groups -OCH3 is 1. The Labute approximate surface area is 145 Å². The van der Waals surface area contributed by atoms with E-state index in [-0.39, 0.29) is 23.4 Å². The van der Waals surface area contributed by atoms with E-state index in [0.29, 0.717) is 24.2 Å². The van der Waals surface area contributed by atoms with Crippen LogP contribution in [0.2, 0.25) is 0 Å². The van der Waals surface area contributed by atoms with E-state index in [1.165, 1.54) is 13.2 Å². The first-order valence-electron chi connectivity index (χ1n) is 8.21. The molecular weight excluding hydrogens is 320 g/mol. The number of amides is 1. The first-order chi connectivity index (χ1) is 12.0. The average molecular weight is 340 g/mol. The number of carbonyl (C=O) groups excluding carboxylic acids is 1. The quantitative estimate of drug-likeness (QED) is 0.827. The Morgan fingerprint density at radius 3 is 2.64 bits per heavy atom. The minimum absolute atomic E-state index is 0.0590. The number of phenolic OH excluding ortho intramolecular Hbond substituents is 1. The van der Waals surface area contributed by atoms with Crippen molar-refractivity contribution in [2.75, 3.05) is 19.1 Å². The maximum Gasteiger partial charge on any atom is 0.256 e. The molecule has 0 fully saturated rings. The maximum atomic E-state index is 13.2. The van der Waals surface area contributed by atoms with Crippen molar-refractivity contribution in [2.24, 2.45) is 0 Å². The number of aliphatic hydroxyl groups excluding tert-OH is 1. The summed E-state index contributed by atoms with van der Waals surface area (Å²) in [5, 5.41) is 21.0. The summed E-state index contributed by atoms with van der Waals surface area (Å²) in [4.78, 5) is 16.6. The smallest absolute Gasteiger partial charge is 0.256 e. The van der Waals surface area contributed by atoms with Crippen LogP contribution in [0.4, 0.5) is 5.69 Å². The van der Waals surface area contributed by atoms with Crippen LogP contribution in [0.5, 0.6) is 11.5 Å². The maximum absolute atomic E-state index is 13.2. The van der Waals surface area contributed by atoms with Gasteiger partial charge in [0.15, 0.2) is 11.5 Å². The lowest BCUT2D eigenvalue weighted by molar-refractivity contribution is 0.0326. The number of rotatable bonds is 1. The molecule has 2 aliphatic heterocycles. The van der Waals surface area contributed by atoms with Gasteiger partial charge in [-0.3, -0.25) is 4.79 Å². The van der Waals surface area contributed by atoms with Gasteiger partial charge < -0.3 is 24.7 Å². The van der Waals surface area contributed by atoms with E-state index >= 15 is 0 Å². The van der Waals surface area contributed by atoms with Crippen LogP contribution in [0, 0.1) is 0 Å². The van der Waals surface area contributed by atoms with Crippen molar-refractivity contribution in [3.63, 3.8) is 0 Å². The molecule has 6 nitrogen and oxygen atoms in total. The molecule has 4 rings (SSSR count). The van der Waals surface area contributed by atoms with Crippen molar-refractivity contribution >= 4 is 11.6 Å². The fourth-order valence-corrected chi connectivity index (χ4v) is 3.78. The van der Waals surface area contributed by atoms with Crippen molar-refractivity contribution in [1.29, 1.82) is 0 Å². The lowest BCUT2D eigenvalue weighted by Crippen LogP contribution is -2.53. The molecule has 0 aromatic heterocycles. The first kappa shape index (κ1) is 15.8. The monoisotopic (exact) mass is 340 g/mol. The van der Waals surface area contributed by atoms with Crippen LogP contribution in [0.3, 0.4) is 0 Å². The number of carbonyl (C=O) groups is 1. The van der Waals surface area contributed by atoms with Gasteiger partial charge in [-0.2, -0.15) is 0 Å². The van der Waals surface area contributed by atoms with E-state index in [1.54, 1.807) is 22.9 Å². The van der Waals surface area contributed by atoms with E-state index in [0.717, 1.165) is 11.1 Å². The molecule has 25 heavy (non-hydrogen) atoms. The van der Waals surface area contributed by atoms with E-state index in [9.17, 15) is 15.0 Å². The fourth-order valence-electron chi connectivity index (χ4n) is 3.78. The second kappa shape index (κ2) is 5.67. The second-order valence-electron chi connectivity index (χ2n) is 6.54. The van der Waals surface area contributed by atoms with Crippen molar-refractivity contribution < 1.29 is 19.7 Å². The molecule has 0 spiro atoms. The lowest BCUT2D eigenvalue weighted by Gasteiger charge is -2.39. The Kier molecular flexibility index (Phi) is 3.58. The van der Waals surface area contributed by atoms with Crippen LogP contribution in [0.1, 0.15) is 21.5 Å². The molecule has 0 saturated heterocycles. The number of phenols is 1. The second-order valence-corrected chi connectivity index (χ2v) is 6.54. The van der Waals surface area contributed by atoms with Gasteiger partial charge in [0, 0.05) is 19.7 Å². The zero-order valence-corrected chi connectivity index (χ0v) is 14.1. The number of ether oxygens (including phenoxy) is 1. The summed E-state index contributed by atoms with van der Waals surface area (Å²) >= 11 is 0. The van der Waals surface area contributed by atoms with Gasteiger partial charge in [-0.1, -0.05) is 24.3 Å². The molecule has 2 heterocycles. The van der Waals surface area contributed by atoms with Gasteiger partial charge in [-0.25, -0.2) is 0 Å². The molecule has 1 unspecified atom stereocenters. The summed E-state index contributed by atoms with van der Waals surface area (Å²) in [6.07, 6.45) is -0.281. The molecule has 2 aliphatic rings. The highest BCUT2D eigenvalue weighted by atomic mass is 16.5. The normalized spacial score (nSPS) is 22.0. The molecule has 0 aliphatic carbocycles. The lowest BCUT2D eigenvalue weighted by atomic mass is 9.93. The summed E-state index contributed by atoms with van der Waals surface area (Å²) in [6, 6.07) is 10.6. The molecule has 1 amide bonds. The minimum atomic E-state index is -0.869. The topological polar surface area (TPSA) is 73.2 Å². The molecule has 0 saturated carbocycles. The third-order valence-electron chi connectivity index (χ3n) is 5.20. The van der Waals surface area contributed by atoms with Crippen LogP contribution < -0.4 is 9.64 Å². The Morgan fingerprint density at radius 2 is 1.92 bits per heavy atom. The van der Waals surface area contributed by atoms with Crippen LogP contribution in [0.15, 0.2) is 36.4 Å². The van der Waals surface area contributed by atoms with Gasteiger partial charge in [0.2, 0.25) is 0 Å². The van der Waals surface area contributed by atoms with Crippen LogP contribution in [0.25, 0.3) is 0 Å². The molecule has 6 heteroatoms. The first-order valence-corrected chi connectivity index (χ1v) is 8.21. The van der Waals surface area contributed by atoms with Gasteiger partial charge >= 0.3 is 0 Å². The number of aromatic hydroxyl groups is 1. The number of aliphatic hydroxyl groups is 1. The van der Waals surface area contributed by atoms with Gasteiger partial charge in [-0.05, 0) is 23.6 Å². The van der Waals surface area contributed by atoms with Crippen molar-refractivity contribution in [2.45, 2.75) is 25.2 Å². The van der Waals surface area contributed by atoms with Crippen molar-refractivity contribution in [1.82, 2.24) is 4.90 Å². The zero-order chi connectivity index (χ0) is 17.7. The molecule has 2 aromatic carbocycles. The van der Waals surface area contributed by atoms with Gasteiger partial charge in [0.1, 0.15) is 6.23 Å². The largest absolute Gasteiger partial charge is 0.504 e. The number of fused-ring (bicyclic) bond motifs is 3. The fraction of sp³-hybridized carbons (Fsp3) is 0.316. The van der Waals surface area contributed by atoms with Gasteiger partial charge in [-0.15, -0.1) is 0 Å². The third kappa shape index (κ3) is 2.33. The van der Waals surface area contributed by atoms with E-state index < -0.39 is 6.23 Å². The molecule has 0 bridgehead atoms. The highest BCUT2D eigenvalue weighted by Gasteiger charge is 2.41. The highest BCUT2D eigenvalue weighted by Crippen LogP contribution is 2.39. The predicted molar refractivity (Wildman–Crippen MR) is 92.9 cm³/mol. The highest BCUT2D eigenvalue weighted by molar-refractivity contribution is 6.01. The molecular formula is C19H20N2O4.